The molecule has 1 aliphatic rings. The average Bonchev–Trinajstić information content (AvgIpc) is 2.96. The number of amides is 2. The molecule has 0 bridgehead atoms. The predicted molar refractivity (Wildman–Crippen MR) is 75.1 cm³/mol. The molecule has 4 N–H and O–H groups in total. The van der Waals surface area contributed by atoms with Gasteiger partial charge in [0.05, 0.1) is 11.4 Å². The van der Waals surface area contributed by atoms with E-state index >= 15 is 0 Å². The zero-order valence-corrected chi connectivity index (χ0v) is 11.9. The van der Waals surface area contributed by atoms with E-state index < -0.39 is 0 Å². The van der Waals surface area contributed by atoms with E-state index in [0.717, 1.165) is 18.7 Å². The molecule has 0 spiro atoms. The second-order valence-corrected chi connectivity index (χ2v) is 5.14. The van der Waals surface area contributed by atoms with Crippen molar-refractivity contribution in [3.8, 4) is 0 Å². The molecule has 0 saturated carbocycles. The molecule has 0 aromatic carbocycles. The summed E-state index contributed by atoms with van der Waals surface area (Å²) in [5.41, 5.74) is 7.24. The summed E-state index contributed by atoms with van der Waals surface area (Å²) in [4.78, 5) is 25.4. The van der Waals surface area contributed by atoms with Gasteiger partial charge in [0.25, 0.3) is 5.91 Å². The van der Waals surface area contributed by atoms with Gasteiger partial charge in [0.15, 0.2) is 5.69 Å². The second-order valence-electron chi connectivity index (χ2n) is 5.14. The Labute approximate surface area is 117 Å². The van der Waals surface area contributed by atoms with Gasteiger partial charge in [0.2, 0.25) is 5.91 Å². The van der Waals surface area contributed by atoms with Gasteiger partial charge in [-0.05, 0) is 19.8 Å². The van der Waals surface area contributed by atoms with Crippen molar-refractivity contribution in [1.82, 2.24) is 20.4 Å². The molecule has 110 valence electrons. The van der Waals surface area contributed by atoms with Crippen LogP contribution in [-0.4, -0.2) is 46.0 Å². The fourth-order valence-electron chi connectivity index (χ4n) is 2.39. The highest BCUT2D eigenvalue weighted by Crippen LogP contribution is 2.14. The highest BCUT2D eigenvalue weighted by Gasteiger charge is 2.24. The van der Waals surface area contributed by atoms with Gasteiger partial charge in [-0.25, -0.2) is 0 Å². The van der Waals surface area contributed by atoms with Crippen molar-refractivity contribution < 1.29 is 9.59 Å². The molecule has 1 fully saturated rings. The van der Waals surface area contributed by atoms with Gasteiger partial charge in [-0.15, -0.1) is 0 Å². The first-order chi connectivity index (χ1) is 9.52. The summed E-state index contributed by atoms with van der Waals surface area (Å²) in [6, 6.07) is -0.134. The van der Waals surface area contributed by atoms with E-state index in [-0.39, 0.29) is 23.6 Å². The van der Waals surface area contributed by atoms with Crippen molar-refractivity contribution in [2.45, 2.75) is 39.2 Å². The van der Waals surface area contributed by atoms with Crippen molar-refractivity contribution >= 4 is 17.5 Å². The standard InChI is InChI=1S/C13H21N5O2/c1-3-9-11(14)12(17-16-9)13(20)15-8(2)7-18-6-4-5-10(18)19/h8H,3-7,14H2,1-2H3,(H,15,20)(H,16,17). The van der Waals surface area contributed by atoms with Gasteiger partial charge in [-0.2, -0.15) is 5.10 Å². The third-order valence-corrected chi connectivity index (χ3v) is 3.49. The molecule has 1 unspecified atom stereocenters. The normalized spacial score (nSPS) is 16.5. The van der Waals surface area contributed by atoms with Gasteiger partial charge in [0, 0.05) is 25.6 Å². The maximum Gasteiger partial charge on any atom is 0.274 e. The lowest BCUT2D eigenvalue weighted by Crippen LogP contribution is -2.42. The number of anilines is 1. The number of aryl methyl sites for hydroxylation is 1. The predicted octanol–water partition coefficient (Wildman–Crippen LogP) is 0.295. The van der Waals surface area contributed by atoms with Crippen molar-refractivity contribution in [3.05, 3.63) is 11.4 Å². The van der Waals surface area contributed by atoms with Crippen molar-refractivity contribution in [2.24, 2.45) is 0 Å². The molecule has 1 saturated heterocycles. The molecule has 1 atom stereocenters. The molecular weight excluding hydrogens is 258 g/mol. The molecule has 0 radical (unpaired) electrons. The average molecular weight is 279 g/mol. The zero-order chi connectivity index (χ0) is 14.7. The Morgan fingerprint density at radius 2 is 2.35 bits per heavy atom. The molecule has 7 heteroatoms. The first kappa shape index (κ1) is 14.4. The number of H-pyrrole nitrogens is 1. The quantitative estimate of drug-likeness (QED) is 0.720. The number of carbonyl (C=O) groups excluding carboxylic acids is 2. The fourth-order valence-corrected chi connectivity index (χ4v) is 2.39. The summed E-state index contributed by atoms with van der Waals surface area (Å²) in [5, 5.41) is 9.53. The highest BCUT2D eigenvalue weighted by atomic mass is 16.2. The fraction of sp³-hybridized carbons (Fsp3) is 0.615. The van der Waals surface area contributed by atoms with Crippen LogP contribution < -0.4 is 11.1 Å². The Hall–Kier alpha value is -2.05. The lowest BCUT2D eigenvalue weighted by molar-refractivity contribution is -0.127. The molecule has 2 rings (SSSR count). The number of likely N-dealkylation sites (tertiary alicyclic amines) is 1. The van der Waals surface area contributed by atoms with E-state index in [4.69, 9.17) is 5.73 Å². The third-order valence-electron chi connectivity index (χ3n) is 3.49. The number of carbonyl (C=O) groups is 2. The Bertz CT molecular complexity index is 511. The summed E-state index contributed by atoms with van der Waals surface area (Å²) < 4.78 is 0. The van der Waals surface area contributed by atoms with Crippen LogP contribution in [0.15, 0.2) is 0 Å². The van der Waals surface area contributed by atoms with Crippen molar-refractivity contribution in [1.29, 1.82) is 0 Å². The van der Waals surface area contributed by atoms with Gasteiger partial charge in [-0.1, -0.05) is 6.92 Å². The SMILES string of the molecule is CCc1[nH]nc(C(=O)NC(C)CN2CCCC2=O)c1N. The highest BCUT2D eigenvalue weighted by molar-refractivity contribution is 5.97. The van der Waals surface area contributed by atoms with E-state index in [1.165, 1.54) is 0 Å². The lowest BCUT2D eigenvalue weighted by Gasteiger charge is -2.21. The Balaban J connectivity index is 1.93. The zero-order valence-electron chi connectivity index (χ0n) is 11.9. The Morgan fingerprint density at radius 3 is 2.90 bits per heavy atom. The summed E-state index contributed by atoms with van der Waals surface area (Å²) in [6.45, 7) is 5.10. The van der Waals surface area contributed by atoms with E-state index in [9.17, 15) is 9.59 Å². The Morgan fingerprint density at radius 1 is 1.60 bits per heavy atom. The molecule has 20 heavy (non-hydrogen) atoms. The van der Waals surface area contributed by atoms with Crippen LogP contribution in [0.4, 0.5) is 5.69 Å². The minimum Gasteiger partial charge on any atom is -0.395 e. The number of nitrogens with one attached hydrogen (secondary N) is 2. The number of nitrogen functional groups attached to an aromatic ring is 1. The Kier molecular flexibility index (Phi) is 4.26. The summed E-state index contributed by atoms with van der Waals surface area (Å²) in [7, 11) is 0. The van der Waals surface area contributed by atoms with Crippen molar-refractivity contribution in [3.63, 3.8) is 0 Å². The molecule has 1 aromatic heterocycles. The number of aromatic nitrogens is 2. The van der Waals surface area contributed by atoms with Crippen LogP contribution in [0.25, 0.3) is 0 Å². The molecule has 1 aromatic rings. The van der Waals surface area contributed by atoms with Crippen LogP contribution in [0.5, 0.6) is 0 Å². The molecular formula is C13H21N5O2. The van der Waals surface area contributed by atoms with Gasteiger partial charge in [-0.3, -0.25) is 14.7 Å². The van der Waals surface area contributed by atoms with Crippen LogP contribution in [0.1, 0.15) is 42.9 Å². The van der Waals surface area contributed by atoms with E-state index in [0.29, 0.717) is 25.1 Å². The smallest absolute Gasteiger partial charge is 0.274 e. The monoisotopic (exact) mass is 279 g/mol. The molecule has 1 aliphatic heterocycles. The number of nitrogens with two attached hydrogens (primary N) is 1. The van der Waals surface area contributed by atoms with Crippen LogP contribution in [0.2, 0.25) is 0 Å². The van der Waals surface area contributed by atoms with Gasteiger partial charge >= 0.3 is 0 Å². The molecule has 0 aliphatic carbocycles. The number of hydrogen-bond acceptors (Lipinski definition) is 4. The van der Waals surface area contributed by atoms with Crippen molar-refractivity contribution in [2.75, 3.05) is 18.8 Å². The van der Waals surface area contributed by atoms with Gasteiger partial charge < -0.3 is 16.0 Å². The third kappa shape index (κ3) is 2.92. The van der Waals surface area contributed by atoms with E-state index in [1.807, 2.05) is 13.8 Å². The first-order valence-electron chi connectivity index (χ1n) is 6.94. The molecule has 2 heterocycles. The number of hydrogen-bond donors (Lipinski definition) is 3. The van der Waals surface area contributed by atoms with Crippen LogP contribution in [-0.2, 0) is 11.2 Å². The first-order valence-corrected chi connectivity index (χ1v) is 6.94. The van der Waals surface area contributed by atoms with Crippen LogP contribution in [0, 0.1) is 0 Å². The van der Waals surface area contributed by atoms with E-state index in [1.54, 1.807) is 4.90 Å². The largest absolute Gasteiger partial charge is 0.395 e. The minimum absolute atomic E-state index is 0.134. The van der Waals surface area contributed by atoms with Crippen LogP contribution in [0.3, 0.4) is 0 Å². The number of rotatable bonds is 5. The summed E-state index contributed by atoms with van der Waals surface area (Å²) >= 11 is 0. The number of nitrogens with zero attached hydrogens (tertiary/aromatic N) is 2. The molecule has 2 amide bonds. The summed E-state index contributed by atoms with van der Waals surface area (Å²) in [6.07, 6.45) is 2.20. The molecule has 7 nitrogen and oxygen atoms in total. The summed E-state index contributed by atoms with van der Waals surface area (Å²) in [5.74, 6) is -0.156. The maximum absolute atomic E-state index is 12.1. The topological polar surface area (TPSA) is 104 Å². The van der Waals surface area contributed by atoms with E-state index in [2.05, 4.69) is 15.5 Å². The minimum atomic E-state index is -0.308. The lowest BCUT2D eigenvalue weighted by atomic mass is 10.2. The number of aromatic amines is 1. The maximum atomic E-state index is 12.1. The van der Waals surface area contributed by atoms with Gasteiger partial charge in [0.1, 0.15) is 0 Å². The second kappa shape index (κ2) is 5.94. The van der Waals surface area contributed by atoms with Crippen LogP contribution >= 0.6 is 0 Å².